The van der Waals surface area contributed by atoms with Crippen molar-refractivity contribution in [3.8, 4) is 17.1 Å². The van der Waals surface area contributed by atoms with Gasteiger partial charge in [0.15, 0.2) is 5.69 Å². The van der Waals surface area contributed by atoms with Crippen molar-refractivity contribution in [2.45, 2.75) is 13.3 Å². The molecule has 0 bridgehead atoms. The van der Waals surface area contributed by atoms with Crippen molar-refractivity contribution in [2.24, 2.45) is 10.2 Å². The number of aromatic amines is 1. The molecule has 2 aromatic carbocycles. The first-order valence-corrected chi connectivity index (χ1v) is 9.24. The lowest BCUT2D eigenvalue weighted by Crippen LogP contribution is -1.97. The highest BCUT2D eigenvalue weighted by Crippen LogP contribution is 2.36. The Hall–Kier alpha value is -3.32. The molecule has 0 aliphatic rings. The zero-order valence-electron chi connectivity index (χ0n) is 14.5. The average molecular weight is 376 g/mol. The Morgan fingerprint density at radius 3 is 2.81 bits per heavy atom. The molecular formula is C20H16N4O2S. The molecule has 0 radical (unpaired) electrons. The molecule has 4 aromatic rings. The maximum Gasteiger partial charge on any atom is 0.271 e. The van der Waals surface area contributed by atoms with E-state index in [1.165, 1.54) is 11.3 Å². The van der Waals surface area contributed by atoms with Gasteiger partial charge in [0.2, 0.25) is 5.88 Å². The van der Waals surface area contributed by atoms with E-state index in [9.17, 15) is 9.90 Å². The van der Waals surface area contributed by atoms with Gasteiger partial charge in [-0.25, -0.2) is 4.98 Å². The summed E-state index contributed by atoms with van der Waals surface area (Å²) in [4.78, 5) is 19.5. The maximum absolute atomic E-state index is 12.2. The van der Waals surface area contributed by atoms with Gasteiger partial charge < -0.3 is 10.1 Å². The van der Waals surface area contributed by atoms with E-state index in [0.29, 0.717) is 5.01 Å². The van der Waals surface area contributed by atoms with Crippen LogP contribution in [0.1, 0.15) is 10.6 Å². The van der Waals surface area contributed by atoms with Gasteiger partial charge in [0.25, 0.3) is 5.91 Å². The lowest BCUT2D eigenvalue weighted by atomic mass is 10.1. The monoisotopic (exact) mass is 376 g/mol. The number of H-pyrrole nitrogens is 1. The van der Waals surface area contributed by atoms with Crippen LogP contribution in [-0.4, -0.2) is 21.0 Å². The number of nitrogens with zero attached hydrogens (tertiary/aromatic N) is 3. The Bertz CT molecular complexity index is 1150. The number of amides is 1. The molecule has 0 spiro atoms. The summed E-state index contributed by atoms with van der Waals surface area (Å²) < 4.78 is 0. The molecule has 0 fully saturated rings. The minimum atomic E-state index is -0.412. The number of thiazole rings is 1. The van der Waals surface area contributed by atoms with E-state index in [4.69, 9.17) is 0 Å². The number of hydrogen-bond donors (Lipinski definition) is 2. The lowest BCUT2D eigenvalue weighted by Gasteiger charge is -1.95. The predicted molar refractivity (Wildman–Crippen MR) is 105 cm³/mol. The molecule has 7 heteroatoms. The summed E-state index contributed by atoms with van der Waals surface area (Å²) in [5.74, 6) is -0.512. The number of aryl methyl sites for hydroxylation is 1. The summed E-state index contributed by atoms with van der Waals surface area (Å²) in [6, 6.07) is 15.4. The minimum absolute atomic E-state index is 0.0726. The van der Waals surface area contributed by atoms with Crippen LogP contribution in [0.5, 0.6) is 5.88 Å². The molecule has 2 N–H and O–H groups in total. The van der Waals surface area contributed by atoms with Crippen molar-refractivity contribution in [3.05, 3.63) is 64.5 Å². The van der Waals surface area contributed by atoms with E-state index in [2.05, 4.69) is 20.2 Å². The van der Waals surface area contributed by atoms with Crippen molar-refractivity contribution in [1.82, 2.24) is 9.97 Å². The van der Waals surface area contributed by atoms with Crippen LogP contribution >= 0.6 is 11.3 Å². The molecule has 1 amide bonds. The molecule has 0 saturated heterocycles. The Kier molecular flexibility index (Phi) is 4.52. The van der Waals surface area contributed by atoms with Crippen LogP contribution in [0.25, 0.3) is 22.2 Å². The number of aromatic hydroxyl groups is 1. The van der Waals surface area contributed by atoms with E-state index in [1.54, 1.807) is 0 Å². The first-order valence-electron chi connectivity index (χ1n) is 8.36. The number of carbonyl (C=O) groups excluding carboxylic acids is 1. The number of azo groups is 1. The Morgan fingerprint density at radius 1 is 1.19 bits per heavy atom. The fraction of sp³-hybridized carbons (Fsp3) is 0.100. The molecule has 0 atom stereocenters. The summed E-state index contributed by atoms with van der Waals surface area (Å²) in [6.07, 6.45) is 0.0726. The number of aromatic nitrogens is 2. The van der Waals surface area contributed by atoms with Crippen LogP contribution in [-0.2, 0) is 11.2 Å². The molecule has 0 aliphatic heterocycles. The van der Waals surface area contributed by atoms with Crippen LogP contribution in [0.15, 0.2) is 64.1 Å². The van der Waals surface area contributed by atoms with E-state index in [0.717, 1.165) is 27.7 Å². The number of hydrogen-bond acceptors (Lipinski definition) is 5. The Labute approximate surface area is 159 Å². The first kappa shape index (κ1) is 17.1. The number of carbonyl (C=O) groups is 1. The third-order valence-electron chi connectivity index (χ3n) is 4.18. The Balaban J connectivity index is 1.51. The van der Waals surface area contributed by atoms with Gasteiger partial charge in [-0.3, -0.25) is 4.79 Å². The van der Waals surface area contributed by atoms with Gasteiger partial charge in [-0.05, 0) is 12.5 Å². The van der Waals surface area contributed by atoms with Crippen molar-refractivity contribution in [2.75, 3.05) is 0 Å². The lowest BCUT2D eigenvalue weighted by molar-refractivity contribution is -0.117. The van der Waals surface area contributed by atoms with Gasteiger partial charge in [-0.1, -0.05) is 48.5 Å². The van der Waals surface area contributed by atoms with Crippen molar-refractivity contribution in [3.63, 3.8) is 0 Å². The fourth-order valence-electron chi connectivity index (χ4n) is 2.84. The van der Waals surface area contributed by atoms with E-state index < -0.39 is 5.91 Å². The molecule has 4 rings (SSSR count). The number of fused-ring (bicyclic) bond motifs is 1. The summed E-state index contributed by atoms with van der Waals surface area (Å²) in [6.45, 7) is 1.93. The largest absolute Gasteiger partial charge is 0.493 e. The van der Waals surface area contributed by atoms with Crippen LogP contribution < -0.4 is 0 Å². The van der Waals surface area contributed by atoms with E-state index >= 15 is 0 Å². The average Bonchev–Trinajstić information content (AvgIpc) is 3.26. The SMILES string of the molecule is Cc1cccc2c(N=NC(=O)Cc3nc(-c4ccccc4)cs3)c(O)[nH]c12. The van der Waals surface area contributed by atoms with Crippen LogP contribution in [0.4, 0.5) is 5.69 Å². The van der Waals surface area contributed by atoms with Crippen LogP contribution in [0.2, 0.25) is 0 Å². The number of benzene rings is 2. The molecule has 0 saturated carbocycles. The second-order valence-electron chi connectivity index (χ2n) is 6.08. The van der Waals surface area contributed by atoms with Gasteiger partial charge in [-0.2, -0.15) is 0 Å². The summed E-state index contributed by atoms with van der Waals surface area (Å²) in [5, 5.41) is 21.1. The third-order valence-corrected chi connectivity index (χ3v) is 5.03. The first-order chi connectivity index (χ1) is 13.1. The van der Waals surface area contributed by atoms with E-state index in [-0.39, 0.29) is 18.0 Å². The summed E-state index contributed by atoms with van der Waals surface area (Å²) in [5.41, 5.74) is 3.88. The van der Waals surface area contributed by atoms with Crippen molar-refractivity contribution in [1.29, 1.82) is 0 Å². The van der Waals surface area contributed by atoms with Crippen molar-refractivity contribution >= 4 is 33.8 Å². The molecule has 6 nitrogen and oxygen atoms in total. The molecule has 2 heterocycles. The normalized spacial score (nSPS) is 11.4. The topological polar surface area (TPSA) is 90.7 Å². The van der Waals surface area contributed by atoms with Gasteiger partial charge in [-0.15, -0.1) is 21.6 Å². The fourth-order valence-corrected chi connectivity index (χ4v) is 3.64. The third kappa shape index (κ3) is 3.50. The molecular weight excluding hydrogens is 360 g/mol. The smallest absolute Gasteiger partial charge is 0.271 e. The molecule has 0 aliphatic carbocycles. The molecule has 27 heavy (non-hydrogen) atoms. The van der Waals surface area contributed by atoms with Crippen LogP contribution in [0.3, 0.4) is 0 Å². The summed E-state index contributed by atoms with van der Waals surface area (Å²) >= 11 is 1.41. The zero-order valence-corrected chi connectivity index (χ0v) is 15.3. The van der Waals surface area contributed by atoms with Gasteiger partial charge in [0, 0.05) is 16.3 Å². The quantitative estimate of drug-likeness (QED) is 0.482. The highest BCUT2D eigenvalue weighted by Gasteiger charge is 2.13. The Morgan fingerprint density at radius 2 is 2.00 bits per heavy atom. The summed E-state index contributed by atoms with van der Waals surface area (Å²) in [7, 11) is 0. The minimum Gasteiger partial charge on any atom is -0.493 e. The maximum atomic E-state index is 12.2. The zero-order chi connectivity index (χ0) is 18.8. The van der Waals surface area contributed by atoms with Crippen molar-refractivity contribution < 1.29 is 9.90 Å². The molecule has 0 unspecified atom stereocenters. The van der Waals surface area contributed by atoms with Gasteiger partial charge in [0.1, 0.15) is 5.01 Å². The van der Waals surface area contributed by atoms with Gasteiger partial charge >= 0.3 is 0 Å². The highest BCUT2D eigenvalue weighted by atomic mass is 32.1. The van der Waals surface area contributed by atoms with Crippen LogP contribution in [0, 0.1) is 6.92 Å². The predicted octanol–water partition coefficient (Wildman–Crippen LogP) is 5.16. The number of nitrogens with one attached hydrogen (secondary N) is 1. The van der Waals surface area contributed by atoms with E-state index in [1.807, 2.05) is 60.8 Å². The number of rotatable bonds is 4. The standard InChI is InChI=1S/C20H16N4O2S/c1-12-6-5-9-14-18(12)22-20(26)19(14)24-23-16(25)10-17-21-15(11-27-17)13-7-3-2-4-8-13/h2-9,11,22,26H,10H2,1H3. The second-order valence-corrected chi connectivity index (χ2v) is 7.03. The molecule has 2 aromatic heterocycles. The van der Waals surface area contributed by atoms with Gasteiger partial charge in [0.05, 0.1) is 17.6 Å². The highest BCUT2D eigenvalue weighted by molar-refractivity contribution is 7.10. The second kappa shape index (κ2) is 7.13. The molecule has 134 valence electrons. The number of para-hydroxylation sites is 1.